The zero-order chi connectivity index (χ0) is 23.5. The first-order valence-corrected chi connectivity index (χ1v) is 12.4. The Morgan fingerprint density at radius 1 is 1.22 bits per heavy atom. The number of sulfonamides is 1. The van der Waals surface area contributed by atoms with Gasteiger partial charge in [-0.2, -0.15) is 4.31 Å². The molecule has 3 rings (SSSR count). The topological polar surface area (TPSA) is 84.3 Å². The molecular weight excluding hydrogens is 475 g/mol. The molecule has 7 nitrogen and oxygen atoms in total. The predicted octanol–water partition coefficient (Wildman–Crippen LogP) is 4.65. The number of aryl methyl sites for hydroxylation is 1. The van der Waals surface area contributed by atoms with Gasteiger partial charge in [-0.05, 0) is 48.2 Å². The van der Waals surface area contributed by atoms with Gasteiger partial charge in [0.2, 0.25) is 10.0 Å². The number of imidazole rings is 1. The molecule has 170 valence electrons. The van der Waals surface area contributed by atoms with E-state index in [0.29, 0.717) is 23.1 Å². The van der Waals surface area contributed by atoms with Crippen LogP contribution in [-0.2, 0) is 17.1 Å². The third kappa shape index (κ3) is 5.15. The summed E-state index contributed by atoms with van der Waals surface area (Å²) in [6.07, 6.45) is 3.40. The summed E-state index contributed by atoms with van der Waals surface area (Å²) in [4.78, 5) is 17.7. The third-order valence-electron chi connectivity index (χ3n) is 4.69. The van der Waals surface area contributed by atoms with E-state index in [9.17, 15) is 17.6 Å². The molecule has 1 aromatic heterocycles. The van der Waals surface area contributed by atoms with Crippen molar-refractivity contribution in [3.8, 4) is 0 Å². The van der Waals surface area contributed by atoms with Crippen molar-refractivity contribution in [1.82, 2.24) is 13.9 Å². The molecule has 0 bridgehead atoms. The summed E-state index contributed by atoms with van der Waals surface area (Å²) in [7, 11) is -1.96. The van der Waals surface area contributed by atoms with Crippen LogP contribution in [0.15, 0.2) is 63.7 Å². The van der Waals surface area contributed by atoms with Gasteiger partial charge in [-0.25, -0.2) is 17.8 Å². The van der Waals surface area contributed by atoms with Crippen LogP contribution in [0.25, 0.3) is 0 Å². The number of aromatic nitrogens is 2. The Kier molecular flexibility index (Phi) is 7.60. The van der Waals surface area contributed by atoms with Gasteiger partial charge >= 0.3 is 0 Å². The van der Waals surface area contributed by atoms with Gasteiger partial charge in [0.15, 0.2) is 5.16 Å². The van der Waals surface area contributed by atoms with Crippen molar-refractivity contribution in [2.45, 2.75) is 28.8 Å². The van der Waals surface area contributed by atoms with E-state index in [1.165, 1.54) is 52.5 Å². The van der Waals surface area contributed by atoms with Gasteiger partial charge in [0.25, 0.3) is 5.91 Å². The first-order chi connectivity index (χ1) is 15.2. The van der Waals surface area contributed by atoms with E-state index < -0.39 is 21.7 Å². The first kappa shape index (κ1) is 24.2. The van der Waals surface area contributed by atoms with E-state index in [0.717, 1.165) is 0 Å². The van der Waals surface area contributed by atoms with Crippen molar-refractivity contribution in [2.24, 2.45) is 7.05 Å². The van der Waals surface area contributed by atoms with E-state index in [4.69, 9.17) is 11.6 Å². The highest BCUT2D eigenvalue weighted by Gasteiger charge is 2.24. The Hall–Kier alpha value is -2.40. The summed E-state index contributed by atoms with van der Waals surface area (Å²) in [6.45, 7) is 4.05. The molecule has 0 aliphatic rings. The molecule has 3 aromatic rings. The largest absolute Gasteiger partial charge is 0.329 e. The molecule has 0 saturated carbocycles. The molecule has 0 unspecified atom stereocenters. The number of anilines is 1. The van der Waals surface area contributed by atoms with Crippen molar-refractivity contribution in [2.75, 3.05) is 18.4 Å². The quantitative estimate of drug-likeness (QED) is 0.491. The van der Waals surface area contributed by atoms with Crippen molar-refractivity contribution < 1.29 is 17.6 Å². The second kappa shape index (κ2) is 10.0. The van der Waals surface area contributed by atoms with Crippen LogP contribution in [0.2, 0.25) is 5.02 Å². The zero-order valence-electron chi connectivity index (χ0n) is 17.7. The van der Waals surface area contributed by atoms with Crippen LogP contribution in [-0.4, -0.2) is 41.3 Å². The Labute approximate surface area is 195 Å². The van der Waals surface area contributed by atoms with E-state index in [-0.39, 0.29) is 21.2 Å². The van der Waals surface area contributed by atoms with Crippen LogP contribution in [0.1, 0.15) is 24.2 Å². The van der Waals surface area contributed by atoms with Crippen LogP contribution >= 0.6 is 23.4 Å². The van der Waals surface area contributed by atoms with Gasteiger partial charge in [0.05, 0.1) is 21.2 Å². The second-order valence-corrected chi connectivity index (χ2v) is 10.1. The molecule has 0 radical (unpaired) electrons. The molecule has 0 fully saturated rings. The highest BCUT2D eigenvalue weighted by molar-refractivity contribution is 7.99. The van der Waals surface area contributed by atoms with Gasteiger partial charge in [-0.3, -0.25) is 4.79 Å². The van der Waals surface area contributed by atoms with E-state index >= 15 is 0 Å². The second-order valence-electron chi connectivity index (χ2n) is 6.75. The van der Waals surface area contributed by atoms with E-state index in [1.54, 1.807) is 30.8 Å². The Bertz CT molecular complexity index is 1240. The molecule has 0 saturated heterocycles. The predicted molar refractivity (Wildman–Crippen MR) is 123 cm³/mol. The highest BCUT2D eigenvalue weighted by atomic mass is 35.5. The average Bonchev–Trinajstić information content (AvgIpc) is 3.15. The molecule has 0 atom stereocenters. The lowest BCUT2D eigenvalue weighted by Gasteiger charge is -2.19. The summed E-state index contributed by atoms with van der Waals surface area (Å²) in [5.41, 5.74) is 0.188. The minimum atomic E-state index is -3.78. The summed E-state index contributed by atoms with van der Waals surface area (Å²) in [6, 6.07) is 7.96. The summed E-state index contributed by atoms with van der Waals surface area (Å²) < 4.78 is 42.7. The number of hydrogen-bond donors (Lipinski definition) is 1. The SMILES string of the molecule is CCN(CC)S(=O)(=O)c1ccc(Cl)c(C(=O)Nc2cc(F)ccc2Sc2nccn2C)c1. The molecule has 11 heteroatoms. The lowest BCUT2D eigenvalue weighted by Crippen LogP contribution is -2.30. The van der Waals surface area contributed by atoms with Crippen molar-refractivity contribution in [3.63, 3.8) is 0 Å². The number of rotatable bonds is 8. The maximum Gasteiger partial charge on any atom is 0.257 e. The fourth-order valence-electron chi connectivity index (χ4n) is 2.98. The standard InChI is InChI=1S/C21H22ClFN4O3S2/c1-4-27(5-2)32(29,30)15-7-8-17(22)16(13-15)20(28)25-18-12-14(23)6-9-19(18)31-21-24-10-11-26(21)3/h6-13H,4-5H2,1-3H3,(H,25,28). The lowest BCUT2D eigenvalue weighted by molar-refractivity contribution is 0.102. The number of carbonyl (C=O) groups is 1. The Morgan fingerprint density at radius 3 is 2.56 bits per heavy atom. The van der Waals surface area contributed by atoms with Gasteiger partial charge in [0.1, 0.15) is 5.82 Å². The Morgan fingerprint density at radius 2 is 1.94 bits per heavy atom. The van der Waals surface area contributed by atoms with Crippen molar-refractivity contribution in [3.05, 3.63) is 65.2 Å². The summed E-state index contributed by atoms with van der Waals surface area (Å²) in [5, 5.41) is 3.38. The fourth-order valence-corrected chi connectivity index (χ4v) is 5.54. The number of hydrogen-bond acceptors (Lipinski definition) is 5. The first-order valence-electron chi connectivity index (χ1n) is 9.73. The molecular formula is C21H22ClFN4O3S2. The van der Waals surface area contributed by atoms with Crippen molar-refractivity contribution in [1.29, 1.82) is 0 Å². The molecule has 1 N–H and O–H groups in total. The number of carbonyl (C=O) groups excluding carboxylic acids is 1. The molecule has 1 amide bonds. The number of nitrogens with zero attached hydrogens (tertiary/aromatic N) is 3. The van der Waals surface area contributed by atoms with Crippen LogP contribution in [0, 0.1) is 5.82 Å². The van der Waals surface area contributed by atoms with Gasteiger partial charge in [-0.15, -0.1) is 0 Å². The van der Waals surface area contributed by atoms with E-state index in [1.807, 2.05) is 7.05 Å². The third-order valence-corrected chi connectivity index (χ3v) is 8.22. The van der Waals surface area contributed by atoms with Gasteiger partial charge in [-0.1, -0.05) is 25.4 Å². The van der Waals surface area contributed by atoms with Crippen molar-refractivity contribution >= 4 is 45.0 Å². The van der Waals surface area contributed by atoms with Crippen LogP contribution < -0.4 is 5.32 Å². The fraction of sp³-hybridized carbons (Fsp3) is 0.238. The number of halogens is 2. The monoisotopic (exact) mass is 496 g/mol. The van der Waals surface area contributed by atoms with Gasteiger partial charge < -0.3 is 9.88 Å². The van der Waals surface area contributed by atoms with Crippen LogP contribution in [0.5, 0.6) is 0 Å². The maximum atomic E-state index is 13.9. The summed E-state index contributed by atoms with van der Waals surface area (Å²) in [5.74, 6) is -1.19. The average molecular weight is 497 g/mol. The molecule has 32 heavy (non-hydrogen) atoms. The minimum Gasteiger partial charge on any atom is -0.329 e. The molecule has 0 aliphatic carbocycles. The molecule has 2 aromatic carbocycles. The number of benzene rings is 2. The minimum absolute atomic E-state index is 0.0305. The summed E-state index contributed by atoms with van der Waals surface area (Å²) >= 11 is 7.45. The smallest absolute Gasteiger partial charge is 0.257 e. The highest BCUT2D eigenvalue weighted by Crippen LogP contribution is 2.33. The maximum absolute atomic E-state index is 13.9. The Balaban J connectivity index is 1.94. The van der Waals surface area contributed by atoms with Crippen LogP contribution in [0.4, 0.5) is 10.1 Å². The molecule has 1 heterocycles. The normalized spacial score (nSPS) is 11.7. The van der Waals surface area contributed by atoms with E-state index in [2.05, 4.69) is 10.3 Å². The van der Waals surface area contributed by atoms with Crippen LogP contribution in [0.3, 0.4) is 0 Å². The van der Waals surface area contributed by atoms with Gasteiger partial charge in [0, 0.05) is 37.4 Å². The molecule has 0 spiro atoms. The lowest BCUT2D eigenvalue weighted by atomic mass is 10.2. The molecule has 0 aliphatic heterocycles. The number of amides is 1. The zero-order valence-corrected chi connectivity index (χ0v) is 20.1. The number of nitrogens with one attached hydrogen (secondary N) is 1.